The Balaban J connectivity index is 2.35. The van der Waals surface area contributed by atoms with Crippen LogP contribution in [0.4, 0.5) is 4.79 Å². The molecule has 0 aromatic heterocycles. The molecular formula is C22H35N3O4. The molecule has 1 aromatic carbocycles. The van der Waals surface area contributed by atoms with Crippen LogP contribution in [0.25, 0.3) is 0 Å². The van der Waals surface area contributed by atoms with Gasteiger partial charge in [0.2, 0.25) is 5.91 Å². The molecule has 0 saturated carbocycles. The number of rotatable bonds is 6. The molecule has 1 aliphatic heterocycles. The van der Waals surface area contributed by atoms with Gasteiger partial charge in [-0.1, -0.05) is 26.0 Å². The van der Waals surface area contributed by atoms with Crippen molar-refractivity contribution in [1.29, 1.82) is 0 Å². The van der Waals surface area contributed by atoms with Gasteiger partial charge in [-0.25, -0.2) is 4.79 Å². The molecule has 1 heterocycles. The maximum atomic E-state index is 13.0. The minimum Gasteiger partial charge on any atom is -0.493 e. The van der Waals surface area contributed by atoms with E-state index < -0.39 is 0 Å². The molecule has 0 radical (unpaired) electrons. The Bertz CT molecular complexity index is 727. The summed E-state index contributed by atoms with van der Waals surface area (Å²) in [5.41, 5.74) is 0.528. The second kappa shape index (κ2) is 9.37. The Kier molecular flexibility index (Phi) is 7.38. The van der Waals surface area contributed by atoms with Crippen LogP contribution < -0.4 is 20.1 Å². The summed E-state index contributed by atoms with van der Waals surface area (Å²) in [7, 11) is 3.18. The highest BCUT2D eigenvalue weighted by Crippen LogP contribution is 2.42. The van der Waals surface area contributed by atoms with Crippen LogP contribution in [-0.2, 0) is 4.79 Å². The quantitative estimate of drug-likeness (QED) is 0.763. The smallest absolute Gasteiger partial charge is 0.317 e. The fourth-order valence-corrected chi connectivity index (χ4v) is 3.59. The Morgan fingerprint density at radius 1 is 1.17 bits per heavy atom. The fraction of sp³-hybridized carbons (Fsp3) is 0.636. The molecule has 1 saturated heterocycles. The van der Waals surface area contributed by atoms with Gasteiger partial charge in [-0.05, 0) is 32.8 Å². The average molecular weight is 406 g/mol. The first-order valence-electron chi connectivity index (χ1n) is 10.1. The number of urea groups is 1. The van der Waals surface area contributed by atoms with Crippen LogP contribution in [0.1, 0.15) is 46.1 Å². The Morgan fingerprint density at radius 2 is 1.86 bits per heavy atom. The summed E-state index contributed by atoms with van der Waals surface area (Å²) in [4.78, 5) is 27.5. The molecule has 162 valence electrons. The molecule has 0 spiro atoms. The summed E-state index contributed by atoms with van der Waals surface area (Å²) in [6, 6.07) is 5.50. The molecule has 1 fully saturated rings. The van der Waals surface area contributed by atoms with Gasteiger partial charge in [-0.15, -0.1) is 0 Å². The van der Waals surface area contributed by atoms with Crippen LogP contribution in [0, 0.1) is 11.8 Å². The topological polar surface area (TPSA) is 79.9 Å². The Hall–Kier alpha value is -2.44. The van der Waals surface area contributed by atoms with E-state index in [1.54, 1.807) is 19.1 Å². The van der Waals surface area contributed by atoms with E-state index in [1.165, 1.54) is 0 Å². The normalized spacial score (nSPS) is 19.2. The number of nitrogens with one attached hydrogen (secondary N) is 2. The number of hydrogen-bond donors (Lipinski definition) is 2. The van der Waals surface area contributed by atoms with Gasteiger partial charge in [-0.3, -0.25) is 4.79 Å². The summed E-state index contributed by atoms with van der Waals surface area (Å²) in [5, 5.41) is 6.02. The first-order valence-corrected chi connectivity index (χ1v) is 10.1. The van der Waals surface area contributed by atoms with E-state index in [1.807, 2.05) is 39.0 Å². The van der Waals surface area contributed by atoms with Gasteiger partial charge in [0, 0.05) is 36.7 Å². The number of hydrogen-bond acceptors (Lipinski definition) is 4. The lowest BCUT2D eigenvalue weighted by molar-refractivity contribution is -0.125. The maximum Gasteiger partial charge on any atom is 0.317 e. The summed E-state index contributed by atoms with van der Waals surface area (Å²) < 4.78 is 11.0. The van der Waals surface area contributed by atoms with Gasteiger partial charge in [-0.2, -0.15) is 0 Å². The van der Waals surface area contributed by atoms with Gasteiger partial charge < -0.3 is 25.0 Å². The molecule has 1 aromatic rings. The SMILES string of the molecule is COc1cccc(C2CN(C(=O)NC(C)(C)C)CC2C(=O)NCC(C)C)c1OC. The molecule has 0 aliphatic carbocycles. The lowest BCUT2D eigenvalue weighted by atomic mass is 9.87. The van der Waals surface area contributed by atoms with Crippen molar-refractivity contribution in [3.63, 3.8) is 0 Å². The summed E-state index contributed by atoms with van der Waals surface area (Å²) in [5.74, 6) is 0.993. The van der Waals surface area contributed by atoms with Crippen molar-refractivity contribution in [3.8, 4) is 11.5 Å². The number of nitrogens with zero attached hydrogens (tertiary/aromatic N) is 1. The highest BCUT2D eigenvalue weighted by Gasteiger charge is 2.42. The predicted octanol–water partition coefficient (Wildman–Crippen LogP) is 3.00. The van der Waals surface area contributed by atoms with E-state index >= 15 is 0 Å². The number of benzene rings is 1. The number of likely N-dealkylation sites (tertiary alicyclic amines) is 1. The van der Waals surface area contributed by atoms with Gasteiger partial charge in [0.1, 0.15) is 0 Å². The van der Waals surface area contributed by atoms with Crippen LogP contribution >= 0.6 is 0 Å². The lowest BCUT2D eigenvalue weighted by Gasteiger charge is -2.25. The molecule has 7 heteroatoms. The van der Waals surface area contributed by atoms with Gasteiger partial charge in [0.05, 0.1) is 20.1 Å². The van der Waals surface area contributed by atoms with Crippen LogP contribution in [-0.4, -0.2) is 56.2 Å². The number of ether oxygens (including phenoxy) is 2. The van der Waals surface area contributed by atoms with E-state index in [2.05, 4.69) is 24.5 Å². The van der Waals surface area contributed by atoms with Gasteiger partial charge in [0.15, 0.2) is 11.5 Å². The Labute approximate surface area is 174 Å². The highest BCUT2D eigenvalue weighted by molar-refractivity contribution is 5.83. The number of amides is 3. The van der Waals surface area contributed by atoms with Crippen molar-refractivity contribution >= 4 is 11.9 Å². The van der Waals surface area contributed by atoms with Crippen LogP contribution in [0.2, 0.25) is 0 Å². The van der Waals surface area contributed by atoms with Gasteiger partial charge >= 0.3 is 6.03 Å². The lowest BCUT2D eigenvalue weighted by Crippen LogP contribution is -2.48. The summed E-state index contributed by atoms with van der Waals surface area (Å²) in [6.07, 6.45) is 0. The van der Waals surface area contributed by atoms with E-state index in [4.69, 9.17) is 9.47 Å². The third-order valence-corrected chi connectivity index (χ3v) is 4.94. The van der Waals surface area contributed by atoms with Gasteiger partial charge in [0.25, 0.3) is 0 Å². The molecule has 2 rings (SSSR count). The van der Waals surface area contributed by atoms with E-state index in [0.29, 0.717) is 37.1 Å². The zero-order valence-electron chi connectivity index (χ0n) is 18.7. The second-order valence-electron chi connectivity index (χ2n) is 9.02. The molecular weight excluding hydrogens is 370 g/mol. The largest absolute Gasteiger partial charge is 0.493 e. The third-order valence-electron chi connectivity index (χ3n) is 4.94. The first-order chi connectivity index (χ1) is 13.6. The molecule has 0 bridgehead atoms. The van der Waals surface area contributed by atoms with Crippen LogP contribution in [0.3, 0.4) is 0 Å². The maximum absolute atomic E-state index is 13.0. The van der Waals surface area contributed by atoms with Crippen molar-refractivity contribution in [3.05, 3.63) is 23.8 Å². The van der Waals surface area contributed by atoms with Crippen LogP contribution in [0.15, 0.2) is 18.2 Å². The monoisotopic (exact) mass is 405 g/mol. The number of methoxy groups -OCH3 is 2. The minimum absolute atomic E-state index is 0.0420. The van der Waals surface area contributed by atoms with Crippen LogP contribution in [0.5, 0.6) is 11.5 Å². The molecule has 1 aliphatic rings. The zero-order chi connectivity index (χ0) is 21.8. The van der Waals surface area contributed by atoms with E-state index in [-0.39, 0.29) is 29.3 Å². The molecule has 2 unspecified atom stereocenters. The number of para-hydroxylation sites is 1. The van der Waals surface area contributed by atoms with E-state index in [0.717, 1.165) is 5.56 Å². The molecule has 2 N–H and O–H groups in total. The molecule has 29 heavy (non-hydrogen) atoms. The van der Waals surface area contributed by atoms with Crippen molar-refractivity contribution in [2.45, 2.75) is 46.1 Å². The standard InChI is InChI=1S/C22H35N3O4/c1-14(2)11-23-20(26)17-13-25(21(27)24-22(3,4)5)12-16(17)15-9-8-10-18(28-6)19(15)29-7/h8-10,14,16-17H,11-13H2,1-7H3,(H,23,26)(H,24,27). The predicted molar refractivity (Wildman–Crippen MR) is 113 cm³/mol. The number of carbonyl (C=O) groups is 2. The second-order valence-corrected chi connectivity index (χ2v) is 9.02. The molecule has 7 nitrogen and oxygen atoms in total. The van der Waals surface area contributed by atoms with Crippen molar-refractivity contribution in [2.24, 2.45) is 11.8 Å². The summed E-state index contributed by atoms with van der Waals surface area (Å²) in [6.45, 7) is 11.3. The van der Waals surface area contributed by atoms with Crippen molar-refractivity contribution in [1.82, 2.24) is 15.5 Å². The highest BCUT2D eigenvalue weighted by atomic mass is 16.5. The van der Waals surface area contributed by atoms with Crippen molar-refractivity contribution < 1.29 is 19.1 Å². The molecule has 3 amide bonds. The van der Waals surface area contributed by atoms with Crippen molar-refractivity contribution in [2.75, 3.05) is 33.9 Å². The number of carbonyl (C=O) groups excluding carboxylic acids is 2. The minimum atomic E-state index is -0.361. The summed E-state index contributed by atoms with van der Waals surface area (Å²) >= 11 is 0. The first kappa shape index (κ1) is 22.8. The molecule has 2 atom stereocenters. The average Bonchev–Trinajstić information content (AvgIpc) is 3.09. The fourth-order valence-electron chi connectivity index (χ4n) is 3.59. The van der Waals surface area contributed by atoms with E-state index in [9.17, 15) is 9.59 Å². The Morgan fingerprint density at radius 3 is 2.41 bits per heavy atom. The zero-order valence-corrected chi connectivity index (χ0v) is 18.7. The third kappa shape index (κ3) is 5.78.